The minimum Gasteiger partial charge on any atom is -0.462 e. The SMILES string of the molecule is CO[C@@H]1[C@H](O)[C@@H](O)[C@H](Oc2ccc3c(N(C)C)cc(=O)oc3c2C)OC1(C)C. The van der Waals surface area contributed by atoms with Crippen LogP contribution in [0.5, 0.6) is 5.75 Å². The number of nitrogens with zero attached hydrogens (tertiary/aromatic N) is 1. The Balaban J connectivity index is 1.99. The lowest BCUT2D eigenvalue weighted by molar-refractivity contribution is -0.306. The van der Waals surface area contributed by atoms with E-state index in [4.69, 9.17) is 18.6 Å². The molecule has 1 aromatic heterocycles. The molecule has 2 heterocycles. The Morgan fingerprint density at radius 2 is 1.86 bits per heavy atom. The lowest BCUT2D eigenvalue weighted by Crippen LogP contribution is -2.63. The van der Waals surface area contributed by atoms with E-state index in [1.807, 2.05) is 19.0 Å². The van der Waals surface area contributed by atoms with Crippen molar-refractivity contribution in [3.63, 3.8) is 0 Å². The second kappa shape index (κ2) is 7.36. The number of fused-ring (bicyclic) bond motifs is 1. The topological polar surface area (TPSA) is 102 Å². The Kier molecular flexibility index (Phi) is 5.42. The van der Waals surface area contributed by atoms with Gasteiger partial charge in [0.1, 0.15) is 29.6 Å². The van der Waals surface area contributed by atoms with Crippen molar-refractivity contribution in [2.24, 2.45) is 0 Å². The molecule has 0 spiro atoms. The predicted molar refractivity (Wildman–Crippen MR) is 104 cm³/mol. The van der Waals surface area contributed by atoms with Crippen molar-refractivity contribution in [2.45, 2.75) is 51.0 Å². The first-order valence-electron chi connectivity index (χ1n) is 9.05. The van der Waals surface area contributed by atoms with Gasteiger partial charge in [-0.15, -0.1) is 0 Å². The summed E-state index contributed by atoms with van der Waals surface area (Å²) in [5.41, 5.74) is 0.371. The van der Waals surface area contributed by atoms with Gasteiger partial charge in [-0.25, -0.2) is 4.79 Å². The minimum absolute atomic E-state index is 0.384. The van der Waals surface area contributed by atoms with E-state index in [-0.39, 0.29) is 0 Å². The predicted octanol–water partition coefficient (Wildman–Crippen LogP) is 1.42. The van der Waals surface area contributed by atoms with Crippen molar-refractivity contribution in [3.8, 4) is 5.75 Å². The van der Waals surface area contributed by atoms with E-state index in [2.05, 4.69) is 0 Å². The maximum atomic E-state index is 12.0. The van der Waals surface area contributed by atoms with Crippen molar-refractivity contribution >= 4 is 16.7 Å². The zero-order valence-electron chi connectivity index (χ0n) is 16.9. The van der Waals surface area contributed by atoms with Gasteiger partial charge in [-0.1, -0.05) is 0 Å². The van der Waals surface area contributed by atoms with Crippen LogP contribution in [0.2, 0.25) is 0 Å². The van der Waals surface area contributed by atoms with Crippen LogP contribution in [0.1, 0.15) is 19.4 Å². The normalized spacial score (nSPS) is 27.0. The van der Waals surface area contributed by atoms with E-state index in [9.17, 15) is 15.0 Å². The summed E-state index contributed by atoms with van der Waals surface area (Å²) in [5.74, 6) is 0.384. The number of hydrogen-bond acceptors (Lipinski definition) is 8. The van der Waals surface area contributed by atoms with Crippen molar-refractivity contribution in [2.75, 3.05) is 26.1 Å². The van der Waals surface area contributed by atoms with Gasteiger partial charge in [0.2, 0.25) is 6.29 Å². The molecule has 1 aliphatic heterocycles. The molecule has 0 saturated carbocycles. The molecule has 3 rings (SSSR count). The number of benzene rings is 1. The van der Waals surface area contributed by atoms with Gasteiger partial charge >= 0.3 is 5.63 Å². The molecule has 8 heteroatoms. The van der Waals surface area contributed by atoms with Gasteiger partial charge in [0.25, 0.3) is 0 Å². The summed E-state index contributed by atoms with van der Waals surface area (Å²) in [4.78, 5) is 13.8. The molecule has 1 aliphatic rings. The fourth-order valence-corrected chi connectivity index (χ4v) is 3.65. The molecule has 28 heavy (non-hydrogen) atoms. The van der Waals surface area contributed by atoms with Crippen LogP contribution in [0, 0.1) is 6.92 Å². The van der Waals surface area contributed by atoms with Crippen LogP contribution < -0.4 is 15.3 Å². The summed E-state index contributed by atoms with van der Waals surface area (Å²) in [6.07, 6.45) is -4.32. The number of aryl methyl sites for hydroxylation is 1. The first kappa shape index (κ1) is 20.6. The van der Waals surface area contributed by atoms with Crippen molar-refractivity contribution in [3.05, 3.63) is 34.2 Å². The Morgan fingerprint density at radius 3 is 2.46 bits per heavy atom. The molecule has 1 fully saturated rings. The van der Waals surface area contributed by atoms with Crippen molar-refractivity contribution in [1.29, 1.82) is 0 Å². The minimum atomic E-state index is -1.31. The van der Waals surface area contributed by atoms with E-state index >= 15 is 0 Å². The highest BCUT2D eigenvalue weighted by molar-refractivity contribution is 5.93. The van der Waals surface area contributed by atoms with E-state index in [1.54, 1.807) is 32.9 Å². The first-order valence-corrected chi connectivity index (χ1v) is 9.05. The lowest BCUT2D eigenvalue weighted by atomic mass is 9.89. The summed E-state index contributed by atoms with van der Waals surface area (Å²) >= 11 is 0. The second-order valence-corrected chi connectivity index (χ2v) is 7.76. The maximum Gasteiger partial charge on any atom is 0.338 e. The number of ether oxygens (including phenoxy) is 3. The quantitative estimate of drug-likeness (QED) is 0.752. The van der Waals surface area contributed by atoms with Crippen LogP contribution in [0.3, 0.4) is 0 Å². The molecule has 154 valence electrons. The summed E-state index contributed by atoms with van der Waals surface area (Å²) < 4.78 is 22.4. The fourth-order valence-electron chi connectivity index (χ4n) is 3.65. The summed E-state index contributed by atoms with van der Waals surface area (Å²) in [7, 11) is 5.14. The van der Waals surface area contributed by atoms with Gasteiger partial charge < -0.3 is 33.7 Å². The largest absolute Gasteiger partial charge is 0.462 e. The Morgan fingerprint density at radius 1 is 1.18 bits per heavy atom. The van der Waals surface area contributed by atoms with E-state index in [1.165, 1.54) is 13.2 Å². The number of aliphatic hydroxyl groups is 2. The van der Waals surface area contributed by atoms with Gasteiger partial charge in [-0.2, -0.15) is 0 Å². The molecule has 0 aliphatic carbocycles. The number of rotatable bonds is 4. The molecule has 0 unspecified atom stereocenters. The third-order valence-electron chi connectivity index (χ3n) is 5.11. The zero-order valence-corrected chi connectivity index (χ0v) is 16.9. The van der Waals surface area contributed by atoms with Crippen LogP contribution in [0.25, 0.3) is 11.0 Å². The number of methoxy groups -OCH3 is 1. The fraction of sp³-hybridized carbons (Fsp3) is 0.550. The van der Waals surface area contributed by atoms with Gasteiger partial charge in [0.05, 0.1) is 11.3 Å². The highest BCUT2D eigenvalue weighted by Gasteiger charge is 2.50. The molecule has 2 N–H and O–H groups in total. The summed E-state index contributed by atoms with van der Waals surface area (Å²) in [6.45, 7) is 5.26. The molecule has 0 bridgehead atoms. The molecule has 0 amide bonds. The lowest BCUT2D eigenvalue weighted by Gasteiger charge is -2.46. The highest BCUT2D eigenvalue weighted by atomic mass is 16.7. The first-order chi connectivity index (χ1) is 13.1. The molecule has 0 radical (unpaired) electrons. The van der Waals surface area contributed by atoms with E-state index in [0.29, 0.717) is 16.9 Å². The molecular weight excluding hydrogens is 366 g/mol. The number of hydrogen-bond donors (Lipinski definition) is 2. The number of anilines is 1. The van der Waals surface area contributed by atoms with Gasteiger partial charge in [0.15, 0.2) is 0 Å². The second-order valence-electron chi connectivity index (χ2n) is 7.76. The van der Waals surface area contributed by atoms with Crippen molar-refractivity contribution in [1.82, 2.24) is 0 Å². The molecule has 2 aromatic rings. The van der Waals surface area contributed by atoms with Crippen LogP contribution in [0.15, 0.2) is 27.4 Å². The van der Waals surface area contributed by atoms with Crippen LogP contribution in [-0.2, 0) is 9.47 Å². The monoisotopic (exact) mass is 393 g/mol. The summed E-state index contributed by atoms with van der Waals surface area (Å²) in [5, 5.41) is 21.6. The Bertz CT molecular complexity index is 921. The van der Waals surface area contributed by atoms with Crippen LogP contribution in [0.4, 0.5) is 5.69 Å². The molecule has 1 saturated heterocycles. The van der Waals surface area contributed by atoms with E-state index < -0.39 is 35.8 Å². The zero-order chi connectivity index (χ0) is 20.8. The highest BCUT2D eigenvalue weighted by Crippen LogP contribution is 2.36. The number of aliphatic hydroxyl groups excluding tert-OH is 2. The maximum absolute atomic E-state index is 12.0. The Hall–Kier alpha value is -2.13. The molecule has 8 nitrogen and oxygen atoms in total. The van der Waals surface area contributed by atoms with E-state index in [0.717, 1.165) is 11.1 Å². The Labute approximate surface area is 163 Å². The smallest absolute Gasteiger partial charge is 0.338 e. The van der Waals surface area contributed by atoms with Crippen molar-refractivity contribution < 1.29 is 28.8 Å². The van der Waals surface area contributed by atoms with Crippen LogP contribution >= 0.6 is 0 Å². The van der Waals surface area contributed by atoms with Gasteiger partial charge in [-0.05, 0) is 32.9 Å². The molecular formula is C20H27NO7. The standard InChI is InChI=1S/C20H27NO7/c1-10-13(8-7-11-12(21(4)5)9-14(22)27-17(10)11)26-19-16(24)15(23)18(25-6)20(2,3)28-19/h7-9,15-16,18-19,23-24H,1-6H3/t15-,16-,18-,19-/m1/s1. The average Bonchev–Trinajstić information content (AvgIpc) is 2.61. The van der Waals surface area contributed by atoms with Gasteiger partial charge in [-0.3, -0.25) is 0 Å². The average molecular weight is 393 g/mol. The summed E-state index contributed by atoms with van der Waals surface area (Å²) in [6, 6.07) is 4.94. The third-order valence-corrected chi connectivity index (χ3v) is 5.11. The molecule has 1 aromatic carbocycles. The third kappa shape index (κ3) is 3.48. The molecule has 4 atom stereocenters. The van der Waals surface area contributed by atoms with Crippen LogP contribution in [-0.4, -0.2) is 61.6 Å². The van der Waals surface area contributed by atoms with Gasteiger partial charge in [0, 0.05) is 38.2 Å².